The molecule has 0 saturated heterocycles. The highest BCUT2D eigenvalue weighted by Gasteiger charge is 2.28. The molecule has 2 aromatic rings. The Bertz CT molecular complexity index is 690. The van der Waals surface area contributed by atoms with Gasteiger partial charge in [0.15, 0.2) is 0 Å². The highest BCUT2D eigenvalue weighted by molar-refractivity contribution is 5.81. The Hall–Kier alpha value is -1.84. The van der Waals surface area contributed by atoms with Gasteiger partial charge in [-0.05, 0) is 30.5 Å². The largest absolute Gasteiger partial charge is 0.352 e. The molecule has 1 aromatic heterocycles. The first kappa shape index (κ1) is 14.1. The van der Waals surface area contributed by atoms with Gasteiger partial charge in [0, 0.05) is 24.9 Å². The summed E-state index contributed by atoms with van der Waals surface area (Å²) in [6.45, 7) is 6.33. The summed E-state index contributed by atoms with van der Waals surface area (Å²) in [5.41, 5.74) is 2.94. The summed E-state index contributed by atoms with van der Waals surface area (Å²) in [5.74, 6) is 1.91. The van der Waals surface area contributed by atoms with Gasteiger partial charge in [-0.25, -0.2) is 4.98 Å². The Morgan fingerprint density at radius 3 is 2.71 bits per heavy atom. The van der Waals surface area contributed by atoms with Gasteiger partial charge < -0.3 is 9.88 Å². The lowest BCUT2D eigenvalue weighted by Crippen LogP contribution is -2.34. The van der Waals surface area contributed by atoms with E-state index < -0.39 is 0 Å². The standard InChI is InChI=1S/C17H23N3O/c1-17(2,3)16(21)18-10-11-5-8-14-13(9-11)19-15(20(14)4)12-6-7-12/h5,8-9,12H,6-7,10H2,1-4H3,(H,18,21). The Labute approximate surface area is 125 Å². The highest BCUT2D eigenvalue weighted by atomic mass is 16.2. The molecule has 1 aliphatic carbocycles. The Balaban J connectivity index is 1.80. The fourth-order valence-corrected chi connectivity index (χ4v) is 2.53. The van der Waals surface area contributed by atoms with Gasteiger partial charge in [0.1, 0.15) is 5.82 Å². The van der Waals surface area contributed by atoms with Crippen LogP contribution in [0.1, 0.15) is 50.9 Å². The van der Waals surface area contributed by atoms with Crippen molar-refractivity contribution in [2.24, 2.45) is 12.5 Å². The molecule has 1 saturated carbocycles. The first-order valence-corrected chi connectivity index (χ1v) is 7.60. The minimum Gasteiger partial charge on any atom is -0.352 e. The van der Waals surface area contributed by atoms with Gasteiger partial charge in [-0.1, -0.05) is 26.8 Å². The number of carbonyl (C=O) groups excluding carboxylic acids is 1. The molecule has 0 radical (unpaired) electrons. The summed E-state index contributed by atoms with van der Waals surface area (Å²) >= 11 is 0. The maximum absolute atomic E-state index is 11.9. The van der Waals surface area contributed by atoms with Crippen LogP contribution in [0.2, 0.25) is 0 Å². The second kappa shape index (κ2) is 4.86. The number of benzene rings is 1. The van der Waals surface area contributed by atoms with Gasteiger partial charge in [0.05, 0.1) is 11.0 Å². The number of aromatic nitrogens is 2. The molecule has 1 amide bonds. The lowest BCUT2D eigenvalue weighted by atomic mass is 9.95. The number of nitrogens with zero attached hydrogens (tertiary/aromatic N) is 2. The molecule has 4 heteroatoms. The van der Waals surface area contributed by atoms with Gasteiger partial charge in [0.2, 0.25) is 5.91 Å². The van der Waals surface area contributed by atoms with Crippen LogP contribution in [-0.2, 0) is 18.4 Å². The summed E-state index contributed by atoms with van der Waals surface area (Å²) in [6.07, 6.45) is 2.51. The zero-order valence-corrected chi connectivity index (χ0v) is 13.2. The zero-order valence-electron chi connectivity index (χ0n) is 13.2. The van der Waals surface area contributed by atoms with E-state index in [1.807, 2.05) is 20.8 Å². The topological polar surface area (TPSA) is 46.9 Å². The molecule has 0 unspecified atom stereocenters. The summed E-state index contributed by atoms with van der Waals surface area (Å²) < 4.78 is 2.20. The van der Waals surface area contributed by atoms with E-state index in [4.69, 9.17) is 4.98 Å². The first-order chi connectivity index (χ1) is 9.86. The number of aryl methyl sites for hydroxylation is 1. The molecule has 3 rings (SSSR count). The molecule has 4 nitrogen and oxygen atoms in total. The second-order valence-electron chi connectivity index (χ2n) is 7.06. The van der Waals surface area contributed by atoms with E-state index in [0.29, 0.717) is 12.5 Å². The fraction of sp³-hybridized carbons (Fsp3) is 0.529. The summed E-state index contributed by atoms with van der Waals surface area (Å²) in [7, 11) is 2.09. The van der Waals surface area contributed by atoms with Crippen LogP contribution in [0.3, 0.4) is 0 Å². The monoisotopic (exact) mass is 285 g/mol. The van der Waals surface area contributed by atoms with E-state index in [9.17, 15) is 4.79 Å². The number of carbonyl (C=O) groups is 1. The minimum atomic E-state index is -0.353. The number of imidazole rings is 1. The highest BCUT2D eigenvalue weighted by Crippen LogP contribution is 2.40. The molecule has 1 heterocycles. The van der Waals surface area contributed by atoms with Gasteiger partial charge in [0.25, 0.3) is 0 Å². The van der Waals surface area contributed by atoms with Crippen LogP contribution in [0, 0.1) is 5.41 Å². The van der Waals surface area contributed by atoms with Gasteiger partial charge >= 0.3 is 0 Å². The van der Waals surface area contributed by atoms with E-state index in [-0.39, 0.29) is 11.3 Å². The second-order valence-corrected chi connectivity index (χ2v) is 7.06. The van der Waals surface area contributed by atoms with Crippen molar-refractivity contribution in [3.05, 3.63) is 29.6 Å². The minimum absolute atomic E-state index is 0.0716. The van der Waals surface area contributed by atoms with E-state index >= 15 is 0 Å². The van der Waals surface area contributed by atoms with Crippen molar-refractivity contribution in [3.8, 4) is 0 Å². The van der Waals surface area contributed by atoms with Crippen molar-refractivity contribution in [1.82, 2.24) is 14.9 Å². The molecule has 0 atom stereocenters. The van der Waals surface area contributed by atoms with Gasteiger partial charge in [-0.3, -0.25) is 4.79 Å². The average molecular weight is 285 g/mol. The van der Waals surface area contributed by atoms with Gasteiger partial charge in [-0.15, -0.1) is 0 Å². The molecule has 1 aliphatic rings. The van der Waals surface area contributed by atoms with Crippen LogP contribution in [0.5, 0.6) is 0 Å². The summed E-state index contributed by atoms with van der Waals surface area (Å²) in [5, 5.41) is 2.99. The predicted molar refractivity (Wildman–Crippen MR) is 84.0 cm³/mol. The van der Waals surface area contributed by atoms with Crippen molar-refractivity contribution in [1.29, 1.82) is 0 Å². The maximum Gasteiger partial charge on any atom is 0.225 e. The summed E-state index contributed by atoms with van der Waals surface area (Å²) in [6, 6.07) is 6.26. The molecule has 112 valence electrons. The fourth-order valence-electron chi connectivity index (χ4n) is 2.53. The van der Waals surface area contributed by atoms with Gasteiger partial charge in [-0.2, -0.15) is 0 Å². The van der Waals surface area contributed by atoms with Crippen molar-refractivity contribution < 1.29 is 4.79 Å². The number of amides is 1. The van der Waals surface area contributed by atoms with Crippen LogP contribution in [0.15, 0.2) is 18.2 Å². The van der Waals surface area contributed by atoms with Crippen molar-refractivity contribution in [2.75, 3.05) is 0 Å². The zero-order chi connectivity index (χ0) is 15.2. The normalized spacial score (nSPS) is 15.4. The lowest BCUT2D eigenvalue weighted by molar-refractivity contribution is -0.128. The molecule has 0 aliphatic heterocycles. The lowest BCUT2D eigenvalue weighted by Gasteiger charge is -2.17. The Kier molecular flexibility index (Phi) is 3.27. The third-order valence-corrected chi connectivity index (χ3v) is 4.06. The number of fused-ring (bicyclic) bond motifs is 1. The molecule has 21 heavy (non-hydrogen) atoms. The average Bonchev–Trinajstić information content (AvgIpc) is 3.20. The molecule has 1 fully saturated rings. The van der Waals surface area contributed by atoms with Crippen molar-refractivity contribution >= 4 is 16.9 Å². The smallest absolute Gasteiger partial charge is 0.225 e. The predicted octanol–water partition coefficient (Wildman–Crippen LogP) is 3.11. The number of rotatable bonds is 3. The van der Waals surface area contributed by atoms with Crippen LogP contribution in [0.25, 0.3) is 11.0 Å². The number of hydrogen-bond donors (Lipinski definition) is 1. The summed E-state index contributed by atoms with van der Waals surface area (Å²) in [4.78, 5) is 16.7. The van der Waals surface area contributed by atoms with Crippen molar-refractivity contribution in [2.45, 2.75) is 46.1 Å². The molecule has 1 N–H and O–H groups in total. The Morgan fingerprint density at radius 1 is 1.38 bits per heavy atom. The first-order valence-electron chi connectivity index (χ1n) is 7.60. The third-order valence-electron chi connectivity index (χ3n) is 4.06. The van der Waals surface area contributed by atoms with Crippen LogP contribution < -0.4 is 5.32 Å². The van der Waals surface area contributed by atoms with E-state index in [2.05, 4.69) is 35.1 Å². The molecular formula is C17H23N3O. The van der Waals surface area contributed by atoms with E-state index in [1.165, 1.54) is 24.2 Å². The SMILES string of the molecule is Cn1c(C2CC2)nc2cc(CNC(=O)C(C)(C)C)ccc21. The third kappa shape index (κ3) is 2.80. The van der Waals surface area contributed by atoms with Crippen molar-refractivity contribution in [3.63, 3.8) is 0 Å². The Morgan fingerprint density at radius 2 is 2.10 bits per heavy atom. The van der Waals surface area contributed by atoms with Crippen LogP contribution in [0.4, 0.5) is 0 Å². The number of nitrogens with one attached hydrogen (secondary N) is 1. The van der Waals surface area contributed by atoms with E-state index in [0.717, 1.165) is 11.1 Å². The van der Waals surface area contributed by atoms with Crippen LogP contribution >= 0.6 is 0 Å². The molecule has 0 bridgehead atoms. The van der Waals surface area contributed by atoms with Crippen LogP contribution in [-0.4, -0.2) is 15.5 Å². The van der Waals surface area contributed by atoms with E-state index in [1.54, 1.807) is 0 Å². The number of hydrogen-bond acceptors (Lipinski definition) is 2. The maximum atomic E-state index is 11.9. The molecule has 0 spiro atoms. The molecular weight excluding hydrogens is 262 g/mol. The quantitative estimate of drug-likeness (QED) is 0.942. The molecule has 1 aromatic carbocycles.